The van der Waals surface area contributed by atoms with Gasteiger partial charge < -0.3 is 9.57 Å². The van der Waals surface area contributed by atoms with Gasteiger partial charge >= 0.3 is 6.16 Å². The molecule has 1 aromatic rings. The van der Waals surface area contributed by atoms with Crippen molar-refractivity contribution < 1.29 is 19.3 Å². The third-order valence-electron chi connectivity index (χ3n) is 1.39. The van der Waals surface area contributed by atoms with Gasteiger partial charge in [-0.05, 0) is 12.1 Å². The summed E-state index contributed by atoms with van der Waals surface area (Å²) < 4.78 is 4.56. The molecule has 0 aliphatic heterocycles. The van der Waals surface area contributed by atoms with Gasteiger partial charge in [-0.3, -0.25) is 10.1 Å². The Hall–Kier alpha value is -2.19. The van der Waals surface area contributed by atoms with Crippen molar-refractivity contribution in [1.29, 1.82) is 0 Å². The van der Waals surface area contributed by atoms with E-state index >= 15 is 0 Å². The first-order valence-electron chi connectivity index (χ1n) is 3.72. The van der Waals surface area contributed by atoms with Crippen LogP contribution in [0.2, 0.25) is 0 Å². The van der Waals surface area contributed by atoms with Gasteiger partial charge in [-0.1, -0.05) is 5.59 Å². The lowest BCUT2D eigenvalue weighted by atomic mass is 10.3. The first kappa shape index (κ1) is 10.9. The van der Waals surface area contributed by atoms with Crippen molar-refractivity contribution in [2.75, 3.05) is 0 Å². The lowest BCUT2D eigenvalue weighted by molar-refractivity contribution is -0.384. The number of benzene rings is 1. The molecule has 0 unspecified atom stereocenters. The topological polar surface area (TPSA) is 117 Å². The summed E-state index contributed by atoms with van der Waals surface area (Å²) in [4.78, 5) is 24.5. The number of nitrogens with one attached hydrogen (secondary N) is 1. The summed E-state index contributed by atoms with van der Waals surface area (Å²) in [7, 11) is 0. The predicted octanol–water partition coefficient (Wildman–Crippen LogP) is 0.488. The molecule has 0 heterocycles. The van der Waals surface area contributed by atoms with Crippen molar-refractivity contribution in [3.05, 3.63) is 34.4 Å². The number of rotatable bonds is 3. The van der Waals surface area contributed by atoms with Crippen LogP contribution in [-0.4, -0.2) is 11.1 Å². The molecule has 0 fully saturated rings. The maximum Gasteiger partial charge on any atom is 0.534 e. The van der Waals surface area contributed by atoms with E-state index in [4.69, 9.17) is 0 Å². The lowest BCUT2D eigenvalue weighted by Crippen LogP contribution is -2.27. The fourth-order valence-corrected chi connectivity index (χ4v) is 0.801. The number of carbonyl (C=O) groups excluding carboxylic acids is 1. The Labute approximate surface area is 83.7 Å². The van der Waals surface area contributed by atoms with Crippen molar-refractivity contribution in [2.24, 2.45) is 5.84 Å². The van der Waals surface area contributed by atoms with Crippen LogP contribution in [0.25, 0.3) is 0 Å². The van der Waals surface area contributed by atoms with E-state index in [0.29, 0.717) is 0 Å². The normalized spacial score (nSPS) is 9.40. The van der Waals surface area contributed by atoms with Crippen LogP contribution in [0, 0.1) is 10.1 Å². The minimum atomic E-state index is -1.06. The monoisotopic (exact) mass is 213 g/mol. The van der Waals surface area contributed by atoms with E-state index in [0.717, 1.165) is 0 Å². The van der Waals surface area contributed by atoms with Gasteiger partial charge in [0.1, 0.15) is 5.75 Å². The van der Waals surface area contributed by atoms with E-state index in [-0.39, 0.29) is 11.4 Å². The fraction of sp³-hybridized carbons (Fsp3) is 0. The number of hydrogen-bond acceptors (Lipinski definition) is 7. The van der Waals surface area contributed by atoms with Crippen molar-refractivity contribution in [3.63, 3.8) is 0 Å². The van der Waals surface area contributed by atoms with Crippen molar-refractivity contribution in [2.45, 2.75) is 0 Å². The molecule has 0 saturated heterocycles. The number of nitrogens with zero attached hydrogens (tertiary/aromatic N) is 1. The molecule has 1 aromatic carbocycles. The fourth-order valence-electron chi connectivity index (χ4n) is 0.801. The lowest BCUT2D eigenvalue weighted by Gasteiger charge is -2.02. The summed E-state index contributed by atoms with van der Waals surface area (Å²) >= 11 is 0. The number of hydrazine groups is 1. The van der Waals surface area contributed by atoms with Gasteiger partial charge in [0.25, 0.3) is 5.69 Å². The van der Waals surface area contributed by atoms with E-state index in [1.165, 1.54) is 24.3 Å². The Kier molecular flexibility index (Phi) is 3.55. The molecule has 1 rings (SSSR count). The second-order valence-corrected chi connectivity index (χ2v) is 2.32. The highest BCUT2D eigenvalue weighted by Crippen LogP contribution is 2.17. The third-order valence-corrected chi connectivity index (χ3v) is 1.39. The number of ether oxygens (including phenoxy) is 1. The Balaban J connectivity index is 2.64. The van der Waals surface area contributed by atoms with Crippen LogP contribution in [0.3, 0.4) is 0 Å². The van der Waals surface area contributed by atoms with Gasteiger partial charge in [0.05, 0.1) is 4.92 Å². The van der Waals surface area contributed by atoms with Crippen LogP contribution in [0.4, 0.5) is 10.5 Å². The number of nitro groups is 1. The Morgan fingerprint density at radius 1 is 1.40 bits per heavy atom. The minimum Gasteiger partial charge on any atom is -0.394 e. The first-order valence-corrected chi connectivity index (χ1v) is 3.72. The molecule has 0 amide bonds. The van der Waals surface area contributed by atoms with Gasteiger partial charge in [0, 0.05) is 12.1 Å². The highest BCUT2D eigenvalue weighted by molar-refractivity contribution is 5.63. The van der Waals surface area contributed by atoms with Crippen molar-refractivity contribution in [3.8, 4) is 5.75 Å². The van der Waals surface area contributed by atoms with Crippen LogP contribution < -0.4 is 16.2 Å². The molecule has 0 spiro atoms. The highest BCUT2D eigenvalue weighted by atomic mass is 16.8. The summed E-state index contributed by atoms with van der Waals surface area (Å²) in [6, 6.07) is 4.91. The van der Waals surface area contributed by atoms with E-state index in [9.17, 15) is 14.9 Å². The van der Waals surface area contributed by atoms with E-state index in [1.54, 1.807) is 5.59 Å². The van der Waals surface area contributed by atoms with Crippen LogP contribution >= 0.6 is 0 Å². The largest absolute Gasteiger partial charge is 0.534 e. The maximum atomic E-state index is 10.7. The number of hydrogen-bond donors (Lipinski definition) is 2. The molecule has 0 bridgehead atoms. The van der Waals surface area contributed by atoms with Gasteiger partial charge in [0.15, 0.2) is 0 Å². The molecule has 0 aromatic heterocycles. The molecular formula is C7H7N3O5. The average Bonchev–Trinajstić information content (AvgIpc) is 2.18. The van der Waals surface area contributed by atoms with Crippen LogP contribution in [0.15, 0.2) is 24.3 Å². The zero-order chi connectivity index (χ0) is 11.3. The molecule has 0 atom stereocenters. The standard InChI is InChI=1S/C7H7N3O5/c8-9-15-7(11)14-6-3-1-5(2-4-6)10(12)13/h1-4,9H,8H2. The van der Waals surface area contributed by atoms with Gasteiger partial charge in [-0.15, -0.1) is 0 Å². The summed E-state index contributed by atoms with van der Waals surface area (Å²) in [6.45, 7) is 0. The van der Waals surface area contributed by atoms with Crippen LogP contribution in [-0.2, 0) is 4.84 Å². The van der Waals surface area contributed by atoms with E-state index < -0.39 is 11.1 Å². The SMILES string of the molecule is NNOC(=O)Oc1ccc([N+](=O)[O-])cc1. The van der Waals surface area contributed by atoms with Crippen LogP contribution in [0.1, 0.15) is 0 Å². The number of non-ortho nitro benzene ring substituents is 1. The quantitative estimate of drug-likeness (QED) is 0.246. The Bertz CT molecular complexity index is 363. The molecule has 0 saturated carbocycles. The highest BCUT2D eigenvalue weighted by Gasteiger charge is 2.08. The Morgan fingerprint density at radius 2 is 2.00 bits per heavy atom. The molecule has 8 heteroatoms. The van der Waals surface area contributed by atoms with Gasteiger partial charge in [-0.2, -0.15) is 0 Å². The van der Waals surface area contributed by atoms with Crippen molar-refractivity contribution >= 4 is 11.8 Å². The summed E-state index contributed by atoms with van der Waals surface area (Å²) in [5, 5.41) is 10.3. The smallest absolute Gasteiger partial charge is 0.394 e. The third kappa shape index (κ3) is 3.21. The molecule has 0 aliphatic rings. The van der Waals surface area contributed by atoms with Crippen LogP contribution in [0.5, 0.6) is 5.75 Å². The van der Waals surface area contributed by atoms with Crippen molar-refractivity contribution in [1.82, 2.24) is 5.59 Å². The predicted molar refractivity (Wildman–Crippen MR) is 47.5 cm³/mol. The number of nitro benzene ring substituents is 1. The Morgan fingerprint density at radius 3 is 2.47 bits per heavy atom. The number of nitrogens with two attached hydrogens (primary N) is 1. The summed E-state index contributed by atoms with van der Waals surface area (Å²) in [5.74, 6) is 4.80. The van der Waals surface area contributed by atoms with Gasteiger partial charge in [-0.25, -0.2) is 10.6 Å². The molecule has 3 N–H and O–H groups in total. The molecule has 15 heavy (non-hydrogen) atoms. The minimum absolute atomic E-state index is 0.104. The second-order valence-electron chi connectivity index (χ2n) is 2.32. The second kappa shape index (κ2) is 4.88. The average molecular weight is 213 g/mol. The van der Waals surface area contributed by atoms with Gasteiger partial charge in [0.2, 0.25) is 0 Å². The maximum absolute atomic E-state index is 10.7. The van der Waals surface area contributed by atoms with E-state index in [2.05, 4.69) is 15.4 Å². The number of carbonyl (C=O) groups is 1. The molecular weight excluding hydrogens is 206 g/mol. The molecule has 80 valence electrons. The zero-order valence-electron chi connectivity index (χ0n) is 7.38. The molecule has 0 radical (unpaired) electrons. The zero-order valence-corrected chi connectivity index (χ0v) is 7.38. The first-order chi connectivity index (χ1) is 7.13. The summed E-state index contributed by atoms with van der Waals surface area (Å²) in [5.41, 5.74) is 1.53. The van der Waals surface area contributed by atoms with E-state index in [1.807, 2.05) is 0 Å². The molecule has 8 nitrogen and oxygen atoms in total. The molecule has 0 aliphatic carbocycles. The summed E-state index contributed by atoms with van der Waals surface area (Å²) in [6.07, 6.45) is -1.06.